The lowest BCUT2D eigenvalue weighted by Crippen LogP contribution is -2.22. The summed E-state index contributed by atoms with van der Waals surface area (Å²) in [6.07, 6.45) is 7.13. The minimum absolute atomic E-state index is 0.205. The number of thioether (sulfide) groups is 1. The van der Waals surface area contributed by atoms with Crippen LogP contribution < -0.4 is 0 Å². The summed E-state index contributed by atoms with van der Waals surface area (Å²) in [7, 11) is 0. The van der Waals surface area contributed by atoms with Crippen LogP contribution in [-0.4, -0.2) is 17.0 Å². The van der Waals surface area contributed by atoms with Crippen LogP contribution in [0.1, 0.15) is 38.5 Å². The van der Waals surface area contributed by atoms with Crippen LogP contribution in [-0.2, 0) is 0 Å². The normalized spacial score (nSPS) is 19.4. The minimum Gasteiger partial charge on any atom is -0.392 e. The summed E-state index contributed by atoms with van der Waals surface area (Å²) in [6.45, 7) is 0. The van der Waals surface area contributed by atoms with E-state index in [1.807, 2.05) is 6.07 Å². The Morgan fingerprint density at radius 1 is 1.22 bits per heavy atom. The molecule has 1 saturated carbocycles. The number of hydrogen-bond donors (Lipinski definition) is 1. The van der Waals surface area contributed by atoms with E-state index in [4.69, 9.17) is 0 Å². The van der Waals surface area contributed by atoms with Crippen molar-refractivity contribution >= 4 is 11.8 Å². The number of halogens is 1. The van der Waals surface area contributed by atoms with Gasteiger partial charge < -0.3 is 5.11 Å². The van der Waals surface area contributed by atoms with E-state index in [-0.39, 0.29) is 11.9 Å². The average molecular weight is 268 g/mol. The molecule has 1 aromatic rings. The zero-order valence-electron chi connectivity index (χ0n) is 10.6. The Labute approximate surface area is 113 Å². The minimum atomic E-state index is -0.253. The van der Waals surface area contributed by atoms with Crippen molar-refractivity contribution in [2.24, 2.45) is 5.92 Å². The van der Waals surface area contributed by atoms with E-state index in [9.17, 15) is 9.50 Å². The molecule has 1 unspecified atom stereocenters. The highest BCUT2D eigenvalue weighted by Crippen LogP contribution is 2.29. The van der Waals surface area contributed by atoms with Gasteiger partial charge in [0, 0.05) is 10.6 Å². The van der Waals surface area contributed by atoms with Crippen LogP contribution in [0.25, 0.3) is 0 Å². The third-order valence-electron chi connectivity index (χ3n) is 3.66. The van der Waals surface area contributed by atoms with Gasteiger partial charge in [-0.1, -0.05) is 31.7 Å². The summed E-state index contributed by atoms with van der Waals surface area (Å²) >= 11 is 1.55. The van der Waals surface area contributed by atoms with Crippen LogP contribution >= 0.6 is 11.8 Å². The lowest BCUT2D eigenvalue weighted by Gasteiger charge is -2.20. The van der Waals surface area contributed by atoms with Crippen molar-refractivity contribution in [3.05, 3.63) is 30.1 Å². The fourth-order valence-corrected chi connectivity index (χ4v) is 3.58. The summed E-state index contributed by atoms with van der Waals surface area (Å²) in [5, 5.41) is 10.2. The van der Waals surface area contributed by atoms with Gasteiger partial charge in [-0.25, -0.2) is 4.39 Å². The molecular formula is C15H21FOS. The molecule has 0 aromatic heterocycles. The van der Waals surface area contributed by atoms with Gasteiger partial charge in [0.05, 0.1) is 6.10 Å². The molecule has 0 heterocycles. The quantitative estimate of drug-likeness (QED) is 0.651. The topological polar surface area (TPSA) is 20.2 Å². The highest BCUT2D eigenvalue weighted by molar-refractivity contribution is 7.99. The van der Waals surface area contributed by atoms with Gasteiger partial charge in [-0.05, 0) is 37.0 Å². The number of hydrogen-bond acceptors (Lipinski definition) is 2. The molecule has 1 aliphatic rings. The molecule has 0 amide bonds. The summed E-state index contributed by atoms with van der Waals surface area (Å²) in [6, 6.07) is 6.60. The first-order chi connectivity index (χ1) is 8.75. The molecule has 0 radical (unpaired) electrons. The molecule has 18 heavy (non-hydrogen) atoms. The SMILES string of the molecule is OC(CSc1cccc(F)c1)C1CCCCCC1. The molecule has 0 spiro atoms. The smallest absolute Gasteiger partial charge is 0.124 e. The maximum atomic E-state index is 13.0. The molecule has 1 aromatic carbocycles. The van der Waals surface area contributed by atoms with E-state index in [0.717, 1.165) is 17.7 Å². The molecule has 3 heteroatoms. The fraction of sp³-hybridized carbons (Fsp3) is 0.600. The second-order valence-electron chi connectivity index (χ2n) is 5.09. The summed E-state index contributed by atoms with van der Waals surface area (Å²) < 4.78 is 13.0. The van der Waals surface area contributed by atoms with Crippen molar-refractivity contribution in [3.63, 3.8) is 0 Å². The van der Waals surface area contributed by atoms with Crippen LogP contribution in [0.15, 0.2) is 29.2 Å². The molecule has 1 atom stereocenters. The number of benzene rings is 1. The standard InChI is InChI=1S/C15H21FOS/c16-13-8-5-9-14(10-13)18-11-15(17)12-6-3-1-2-4-7-12/h5,8-10,12,15,17H,1-4,6-7,11H2. The summed E-state index contributed by atoms with van der Waals surface area (Å²) in [4.78, 5) is 0.905. The molecule has 1 nitrogen and oxygen atoms in total. The number of aliphatic hydroxyl groups excluding tert-OH is 1. The molecule has 100 valence electrons. The Morgan fingerprint density at radius 2 is 1.94 bits per heavy atom. The Hall–Kier alpha value is -0.540. The third kappa shape index (κ3) is 4.29. The number of rotatable bonds is 4. The maximum absolute atomic E-state index is 13.0. The second kappa shape index (κ2) is 7.15. The predicted octanol–water partition coefficient (Wildman–Crippen LogP) is 4.25. The molecule has 0 bridgehead atoms. The van der Waals surface area contributed by atoms with Gasteiger partial charge in [-0.2, -0.15) is 0 Å². The van der Waals surface area contributed by atoms with Gasteiger partial charge in [0.2, 0.25) is 0 Å². The van der Waals surface area contributed by atoms with Crippen LogP contribution in [0.4, 0.5) is 4.39 Å². The Balaban J connectivity index is 1.81. The predicted molar refractivity (Wildman–Crippen MR) is 74.3 cm³/mol. The first-order valence-electron chi connectivity index (χ1n) is 6.82. The van der Waals surface area contributed by atoms with Gasteiger partial charge in [-0.15, -0.1) is 11.8 Å². The summed E-state index contributed by atoms with van der Waals surface area (Å²) in [5.41, 5.74) is 0. The second-order valence-corrected chi connectivity index (χ2v) is 6.18. The van der Waals surface area contributed by atoms with Crippen LogP contribution in [0, 0.1) is 11.7 Å². The van der Waals surface area contributed by atoms with Gasteiger partial charge in [0.1, 0.15) is 5.82 Å². The van der Waals surface area contributed by atoms with Gasteiger partial charge in [0.25, 0.3) is 0 Å². The van der Waals surface area contributed by atoms with Crippen LogP contribution in [0.2, 0.25) is 0 Å². The largest absolute Gasteiger partial charge is 0.392 e. The van der Waals surface area contributed by atoms with E-state index in [1.165, 1.54) is 37.8 Å². The van der Waals surface area contributed by atoms with E-state index in [1.54, 1.807) is 17.8 Å². The lowest BCUT2D eigenvalue weighted by molar-refractivity contribution is 0.120. The van der Waals surface area contributed by atoms with Crippen molar-refractivity contribution in [1.29, 1.82) is 0 Å². The van der Waals surface area contributed by atoms with Gasteiger partial charge >= 0.3 is 0 Å². The molecule has 0 saturated heterocycles. The van der Waals surface area contributed by atoms with Crippen molar-refractivity contribution in [3.8, 4) is 0 Å². The molecule has 1 N–H and O–H groups in total. The lowest BCUT2D eigenvalue weighted by atomic mass is 9.95. The fourth-order valence-electron chi connectivity index (χ4n) is 2.57. The highest BCUT2D eigenvalue weighted by Gasteiger charge is 2.20. The molecule has 2 rings (SSSR count). The molecule has 0 aliphatic heterocycles. The third-order valence-corrected chi connectivity index (χ3v) is 4.76. The van der Waals surface area contributed by atoms with Crippen molar-refractivity contribution in [2.45, 2.75) is 49.5 Å². The first-order valence-corrected chi connectivity index (χ1v) is 7.81. The Bertz CT molecular complexity index is 361. The maximum Gasteiger partial charge on any atom is 0.124 e. The van der Waals surface area contributed by atoms with Crippen LogP contribution in [0.3, 0.4) is 0 Å². The summed E-state index contributed by atoms with van der Waals surface area (Å²) in [5.74, 6) is 0.909. The average Bonchev–Trinajstić information content (AvgIpc) is 2.65. The van der Waals surface area contributed by atoms with Crippen LogP contribution in [0.5, 0.6) is 0 Å². The zero-order chi connectivity index (χ0) is 12.8. The van der Waals surface area contributed by atoms with Crippen molar-refractivity contribution < 1.29 is 9.50 Å². The Morgan fingerprint density at radius 3 is 2.61 bits per heavy atom. The van der Waals surface area contributed by atoms with E-state index < -0.39 is 0 Å². The van der Waals surface area contributed by atoms with Gasteiger partial charge in [-0.3, -0.25) is 0 Å². The Kier molecular flexibility index (Phi) is 5.51. The molecule has 1 aliphatic carbocycles. The van der Waals surface area contributed by atoms with Crippen molar-refractivity contribution in [1.82, 2.24) is 0 Å². The molecule has 1 fully saturated rings. The monoisotopic (exact) mass is 268 g/mol. The van der Waals surface area contributed by atoms with Gasteiger partial charge in [0.15, 0.2) is 0 Å². The number of aliphatic hydroxyl groups is 1. The first kappa shape index (κ1) is 13.9. The van der Waals surface area contributed by atoms with E-state index >= 15 is 0 Å². The van der Waals surface area contributed by atoms with E-state index in [2.05, 4.69) is 0 Å². The molecular weight excluding hydrogens is 247 g/mol. The highest BCUT2D eigenvalue weighted by atomic mass is 32.2. The van der Waals surface area contributed by atoms with Crippen molar-refractivity contribution in [2.75, 3.05) is 5.75 Å². The zero-order valence-corrected chi connectivity index (χ0v) is 11.5. The van der Waals surface area contributed by atoms with E-state index in [0.29, 0.717) is 11.7 Å².